The van der Waals surface area contributed by atoms with E-state index in [9.17, 15) is 14.4 Å². The molecule has 126 valence electrons. The molecule has 24 heavy (non-hydrogen) atoms. The smallest absolute Gasteiger partial charge is 0.317 e. The highest BCUT2D eigenvalue weighted by atomic mass is 32.1. The van der Waals surface area contributed by atoms with Crippen LogP contribution in [0.3, 0.4) is 0 Å². The second-order valence-electron chi connectivity index (χ2n) is 6.01. The van der Waals surface area contributed by atoms with Crippen molar-refractivity contribution in [3.05, 3.63) is 33.7 Å². The lowest BCUT2D eigenvalue weighted by Gasteiger charge is -2.36. The lowest BCUT2D eigenvalue weighted by Crippen LogP contribution is -2.51. The molecule has 2 aromatic rings. The second-order valence-corrected chi connectivity index (χ2v) is 6.88. The molecule has 2 aliphatic heterocycles. The lowest BCUT2D eigenvalue weighted by atomic mass is 10.0. The van der Waals surface area contributed by atoms with E-state index in [1.54, 1.807) is 21.4 Å². The third kappa shape index (κ3) is 2.44. The van der Waals surface area contributed by atoms with Crippen molar-refractivity contribution < 1.29 is 9.59 Å². The predicted octanol–water partition coefficient (Wildman–Crippen LogP) is 0.386. The van der Waals surface area contributed by atoms with Crippen LogP contribution in [0, 0.1) is 0 Å². The van der Waals surface area contributed by atoms with Crippen molar-refractivity contribution in [2.24, 2.45) is 0 Å². The van der Waals surface area contributed by atoms with Crippen LogP contribution < -0.4 is 10.9 Å². The zero-order chi connectivity index (χ0) is 16.7. The highest BCUT2D eigenvalue weighted by Crippen LogP contribution is 2.19. The molecular weight excluding hydrogens is 330 g/mol. The van der Waals surface area contributed by atoms with Gasteiger partial charge in [0.2, 0.25) is 0 Å². The zero-order valence-corrected chi connectivity index (χ0v) is 13.8. The van der Waals surface area contributed by atoms with Crippen LogP contribution in [-0.4, -0.2) is 63.3 Å². The Balaban J connectivity index is 1.58. The summed E-state index contributed by atoms with van der Waals surface area (Å²) in [5.74, 6) is -0.308. The summed E-state index contributed by atoms with van der Waals surface area (Å²) in [6.45, 7) is 2.36. The molecule has 0 bridgehead atoms. The lowest BCUT2D eigenvalue weighted by molar-refractivity contribution is 0.0632. The highest BCUT2D eigenvalue weighted by molar-refractivity contribution is 7.15. The Hall–Kier alpha value is -2.42. The van der Waals surface area contributed by atoms with E-state index in [0.29, 0.717) is 31.1 Å². The van der Waals surface area contributed by atoms with Gasteiger partial charge in [-0.2, -0.15) is 0 Å². The summed E-state index contributed by atoms with van der Waals surface area (Å²) in [6.07, 6.45) is 4.68. The summed E-state index contributed by atoms with van der Waals surface area (Å²) >= 11 is 1.35. The van der Waals surface area contributed by atoms with Gasteiger partial charge >= 0.3 is 6.03 Å². The van der Waals surface area contributed by atoms with Crippen LogP contribution in [0.25, 0.3) is 4.96 Å². The summed E-state index contributed by atoms with van der Waals surface area (Å²) in [6, 6.07) is -0.0680. The fourth-order valence-corrected chi connectivity index (χ4v) is 4.05. The number of amides is 3. The number of aromatic nitrogens is 2. The molecule has 0 aliphatic carbocycles. The van der Waals surface area contributed by atoms with Crippen LogP contribution >= 0.6 is 11.3 Å². The number of carbonyl (C=O) groups excluding carboxylic acids is 2. The van der Waals surface area contributed by atoms with Gasteiger partial charge in [0, 0.05) is 44.0 Å². The van der Waals surface area contributed by atoms with Crippen LogP contribution in [-0.2, 0) is 0 Å². The van der Waals surface area contributed by atoms with E-state index in [1.807, 2.05) is 0 Å². The second kappa shape index (κ2) is 5.90. The number of likely N-dealkylation sites (tertiary alicyclic amines) is 1. The molecule has 1 N–H and O–H groups in total. The number of piperidine rings is 1. The Morgan fingerprint density at radius 2 is 2.21 bits per heavy atom. The van der Waals surface area contributed by atoms with Crippen LogP contribution in [0.1, 0.15) is 23.2 Å². The zero-order valence-electron chi connectivity index (χ0n) is 13.0. The number of fused-ring (bicyclic) bond motifs is 1. The monoisotopic (exact) mass is 347 g/mol. The Morgan fingerprint density at radius 3 is 3.00 bits per heavy atom. The summed E-state index contributed by atoms with van der Waals surface area (Å²) < 4.78 is 1.40. The Labute approximate surface area is 141 Å². The quantitative estimate of drug-likeness (QED) is 0.851. The molecule has 4 rings (SSSR count). The molecule has 3 amide bonds. The van der Waals surface area contributed by atoms with Gasteiger partial charge in [-0.05, 0) is 12.8 Å². The van der Waals surface area contributed by atoms with Gasteiger partial charge < -0.3 is 15.1 Å². The first-order valence-corrected chi connectivity index (χ1v) is 8.82. The number of rotatable bonds is 2. The maximum Gasteiger partial charge on any atom is 0.317 e. The third-order valence-corrected chi connectivity index (χ3v) is 5.36. The molecule has 0 spiro atoms. The summed E-state index contributed by atoms with van der Waals surface area (Å²) in [5, 5.41) is 4.56. The molecule has 0 saturated carbocycles. The van der Waals surface area contributed by atoms with Crippen molar-refractivity contribution in [3.63, 3.8) is 0 Å². The fourth-order valence-electron chi connectivity index (χ4n) is 3.37. The molecule has 1 unspecified atom stereocenters. The van der Waals surface area contributed by atoms with E-state index >= 15 is 0 Å². The number of nitrogens with one attached hydrogen (secondary N) is 1. The van der Waals surface area contributed by atoms with Crippen molar-refractivity contribution in [1.29, 1.82) is 0 Å². The minimum atomic E-state index is -0.340. The number of thiazole rings is 1. The van der Waals surface area contributed by atoms with Crippen molar-refractivity contribution in [2.75, 3.05) is 26.2 Å². The van der Waals surface area contributed by atoms with Gasteiger partial charge in [-0.25, -0.2) is 9.78 Å². The normalized spacial score (nSPS) is 21.3. The first-order valence-electron chi connectivity index (χ1n) is 7.94. The molecule has 0 aromatic carbocycles. The van der Waals surface area contributed by atoms with Gasteiger partial charge in [-0.1, -0.05) is 0 Å². The van der Waals surface area contributed by atoms with Crippen LogP contribution in [0.2, 0.25) is 0 Å². The Bertz CT molecular complexity index is 860. The summed E-state index contributed by atoms with van der Waals surface area (Å²) in [7, 11) is 0. The van der Waals surface area contributed by atoms with Gasteiger partial charge in [0.1, 0.15) is 5.56 Å². The minimum Gasteiger partial charge on any atom is -0.336 e. The molecule has 0 radical (unpaired) electrons. The first kappa shape index (κ1) is 15.1. The predicted molar refractivity (Wildman–Crippen MR) is 88.4 cm³/mol. The van der Waals surface area contributed by atoms with E-state index < -0.39 is 0 Å². The molecule has 2 fully saturated rings. The fraction of sp³-hybridized carbons (Fsp3) is 0.467. The average Bonchev–Trinajstić information content (AvgIpc) is 3.24. The molecule has 1 atom stereocenters. The summed E-state index contributed by atoms with van der Waals surface area (Å²) in [5.41, 5.74) is -0.260. The number of hydrogen-bond donors (Lipinski definition) is 1. The number of nitrogens with zero attached hydrogens (tertiary/aromatic N) is 4. The van der Waals surface area contributed by atoms with Gasteiger partial charge in [0.05, 0.1) is 6.04 Å². The first-order chi connectivity index (χ1) is 11.6. The topological polar surface area (TPSA) is 87.0 Å². The molecular formula is C15H17N5O3S. The third-order valence-electron chi connectivity index (χ3n) is 4.59. The van der Waals surface area contributed by atoms with Crippen molar-refractivity contribution in [1.82, 2.24) is 24.5 Å². The van der Waals surface area contributed by atoms with Gasteiger partial charge in [0.15, 0.2) is 4.96 Å². The molecule has 2 aliphatic rings. The largest absolute Gasteiger partial charge is 0.336 e. The van der Waals surface area contributed by atoms with Crippen molar-refractivity contribution >= 4 is 28.2 Å². The van der Waals surface area contributed by atoms with Gasteiger partial charge in [-0.3, -0.25) is 14.0 Å². The van der Waals surface area contributed by atoms with Crippen LogP contribution in [0.4, 0.5) is 4.79 Å². The SMILES string of the molecule is O=C(c1cnc2sccn2c1=O)N1CCCC(N2CCNC2=O)C1. The molecule has 8 nitrogen and oxygen atoms in total. The molecule has 9 heteroatoms. The molecule has 4 heterocycles. The number of carbonyl (C=O) groups is 2. The van der Waals surface area contributed by atoms with E-state index in [4.69, 9.17) is 0 Å². The van der Waals surface area contributed by atoms with Crippen molar-refractivity contribution in [2.45, 2.75) is 18.9 Å². The molecule has 2 saturated heterocycles. The maximum atomic E-state index is 12.8. The average molecular weight is 347 g/mol. The Kier molecular flexibility index (Phi) is 3.72. The van der Waals surface area contributed by atoms with E-state index in [0.717, 1.165) is 12.8 Å². The van der Waals surface area contributed by atoms with Crippen LogP contribution in [0.15, 0.2) is 22.6 Å². The highest BCUT2D eigenvalue weighted by Gasteiger charge is 2.33. The minimum absolute atomic E-state index is 0.00536. The maximum absolute atomic E-state index is 12.8. The van der Waals surface area contributed by atoms with Crippen molar-refractivity contribution in [3.8, 4) is 0 Å². The van der Waals surface area contributed by atoms with E-state index in [1.165, 1.54) is 21.9 Å². The standard InChI is InChI=1S/C15H17N5O3S/c21-12(11-8-17-15-20(13(11)22)6-7-24-15)18-4-1-2-10(9-18)19-5-3-16-14(19)23/h6-8,10H,1-5,9H2,(H,16,23). The van der Waals surface area contributed by atoms with Crippen LogP contribution in [0.5, 0.6) is 0 Å². The molecule has 2 aromatic heterocycles. The van der Waals surface area contributed by atoms with E-state index in [2.05, 4.69) is 10.3 Å². The number of urea groups is 1. The summed E-state index contributed by atoms with van der Waals surface area (Å²) in [4.78, 5) is 45.3. The van der Waals surface area contributed by atoms with Gasteiger partial charge in [0.25, 0.3) is 11.5 Å². The van der Waals surface area contributed by atoms with E-state index in [-0.39, 0.29) is 29.1 Å². The van der Waals surface area contributed by atoms with Gasteiger partial charge in [-0.15, -0.1) is 11.3 Å². The number of hydrogen-bond acceptors (Lipinski definition) is 5. The Morgan fingerprint density at radius 1 is 1.33 bits per heavy atom.